The van der Waals surface area contributed by atoms with Crippen LogP contribution in [0.3, 0.4) is 0 Å². The number of rotatable bonds is 7. The monoisotopic (exact) mass is 168 g/mol. The summed E-state index contributed by atoms with van der Waals surface area (Å²) in [6.07, 6.45) is 8.29. The molecule has 0 aliphatic rings. The molecule has 0 heterocycles. The van der Waals surface area contributed by atoms with Crippen molar-refractivity contribution in [1.29, 1.82) is 0 Å². The Morgan fingerprint density at radius 2 is 1.75 bits per heavy atom. The largest absolute Gasteiger partial charge is 0.0999 e. The van der Waals surface area contributed by atoms with Gasteiger partial charge in [0.15, 0.2) is 0 Å². The topological polar surface area (TPSA) is 0 Å². The lowest BCUT2D eigenvalue weighted by atomic mass is 9.97. The van der Waals surface area contributed by atoms with E-state index in [1.165, 1.54) is 44.1 Å². The Morgan fingerprint density at radius 1 is 1.17 bits per heavy atom. The average molecular weight is 168 g/mol. The highest BCUT2D eigenvalue weighted by Crippen LogP contribution is 2.16. The SMILES string of the molecule is C=C(C)C(C)CCCCCCC. The van der Waals surface area contributed by atoms with E-state index in [9.17, 15) is 0 Å². The Hall–Kier alpha value is -0.260. The minimum absolute atomic E-state index is 0.728. The van der Waals surface area contributed by atoms with E-state index in [2.05, 4.69) is 27.4 Å². The standard InChI is InChI=1S/C12H24/c1-5-6-7-8-9-10-12(4)11(2)3/h12H,2,5-10H2,1,3-4H3. The lowest BCUT2D eigenvalue weighted by molar-refractivity contribution is 0.535. The summed E-state index contributed by atoms with van der Waals surface area (Å²) in [5, 5.41) is 0. The minimum atomic E-state index is 0.728. The summed E-state index contributed by atoms with van der Waals surface area (Å²) in [6, 6.07) is 0. The molecule has 0 aromatic rings. The molecule has 0 saturated heterocycles. The molecule has 0 aromatic heterocycles. The van der Waals surface area contributed by atoms with Gasteiger partial charge >= 0.3 is 0 Å². The van der Waals surface area contributed by atoms with Crippen molar-refractivity contribution in [2.45, 2.75) is 59.3 Å². The lowest BCUT2D eigenvalue weighted by Crippen LogP contribution is -1.94. The van der Waals surface area contributed by atoms with Crippen LogP contribution in [0, 0.1) is 5.92 Å². The molecule has 0 amide bonds. The fourth-order valence-electron chi connectivity index (χ4n) is 1.30. The summed E-state index contributed by atoms with van der Waals surface area (Å²) in [4.78, 5) is 0. The van der Waals surface area contributed by atoms with Crippen LogP contribution in [0.1, 0.15) is 59.3 Å². The fourth-order valence-corrected chi connectivity index (χ4v) is 1.30. The molecule has 12 heavy (non-hydrogen) atoms. The zero-order chi connectivity index (χ0) is 9.40. The van der Waals surface area contributed by atoms with Crippen molar-refractivity contribution in [1.82, 2.24) is 0 Å². The van der Waals surface area contributed by atoms with E-state index in [1.54, 1.807) is 0 Å². The van der Waals surface area contributed by atoms with Crippen LogP contribution in [0.5, 0.6) is 0 Å². The lowest BCUT2D eigenvalue weighted by Gasteiger charge is -2.09. The number of hydrogen-bond acceptors (Lipinski definition) is 0. The smallest absolute Gasteiger partial charge is 0.0237 e. The number of hydrogen-bond donors (Lipinski definition) is 0. The molecule has 0 heteroatoms. The van der Waals surface area contributed by atoms with Gasteiger partial charge in [-0.2, -0.15) is 0 Å². The first-order valence-electron chi connectivity index (χ1n) is 5.33. The summed E-state index contributed by atoms with van der Waals surface area (Å²) in [7, 11) is 0. The average Bonchev–Trinajstić information content (AvgIpc) is 2.03. The van der Waals surface area contributed by atoms with E-state index in [0.717, 1.165) is 5.92 Å². The maximum atomic E-state index is 3.97. The Morgan fingerprint density at radius 3 is 2.25 bits per heavy atom. The highest BCUT2D eigenvalue weighted by Gasteiger charge is 2.00. The second-order valence-corrected chi connectivity index (χ2v) is 3.95. The third-order valence-corrected chi connectivity index (χ3v) is 2.58. The summed E-state index contributed by atoms with van der Waals surface area (Å²) < 4.78 is 0. The van der Waals surface area contributed by atoms with E-state index in [4.69, 9.17) is 0 Å². The molecule has 1 unspecified atom stereocenters. The summed E-state index contributed by atoms with van der Waals surface area (Å²) >= 11 is 0. The molecule has 1 atom stereocenters. The normalized spacial score (nSPS) is 12.9. The van der Waals surface area contributed by atoms with Crippen LogP contribution in [-0.2, 0) is 0 Å². The van der Waals surface area contributed by atoms with E-state index < -0.39 is 0 Å². The Balaban J connectivity index is 3.14. The number of unbranched alkanes of at least 4 members (excludes halogenated alkanes) is 4. The van der Waals surface area contributed by atoms with Crippen molar-refractivity contribution in [2.24, 2.45) is 5.92 Å². The first-order valence-corrected chi connectivity index (χ1v) is 5.33. The van der Waals surface area contributed by atoms with E-state index in [1.807, 2.05) is 0 Å². The van der Waals surface area contributed by atoms with Crippen molar-refractivity contribution in [3.05, 3.63) is 12.2 Å². The molecule has 0 aliphatic carbocycles. The molecular weight excluding hydrogens is 144 g/mol. The molecule has 0 radical (unpaired) electrons. The number of allylic oxidation sites excluding steroid dienone is 1. The van der Waals surface area contributed by atoms with Gasteiger partial charge in [0, 0.05) is 0 Å². The van der Waals surface area contributed by atoms with E-state index in [0.29, 0.717) is 0 Å². The van der Waals surface area contributed by atoms with Gasteiger partial charge in [-0.1, -0.05) is 58.1 Å². The molecule has 0 nitrogen and oxygen atoms in total. The van der Waals surface area contributed by atoms with Gasteiger partial charge in [0.05, 0.1) is 0 Å². The zero-order valence-corrected chi connectivity index (χ0v) is 9.03. The zero-order valence-electron chi connectivity index (χ0n) is 9.03. The maximum absolute atomic E-state index is 3.97. The molecule has 0 bridgehead atoms. The van der Waals surface area contributed by atoms with Gasteiger partial charge in [-0.05, 0) is 19.3 Å². The maximum Gasteiger partial charge on any atom is -0.0237 e. The van der Waals surface area contributed by atoms with Gasteiger partial charge in [-0.15, -0.1) is 0 Å². The highest BCUT2D eigenvalue weighted by molar-refractivity contribution is 4.93. The fraction of sp³-hybridized carbons (Fsp3) is 0.833. The molecule has 0 N–H and O–H groups in total. The van der Waals surface area contributed by atoms with Crippen LogP contribution in [-0.4, -0.2) is 0 Å². The van der Waals surface area contributed by atoms with Crippen molar-refractivity contribution in [3.8, 4) is 0 Å². The van der Waals surface area contributed by atoms with Crippen LogP contribution in [0.15, 0.2) is 12.2 Å². The van der Waals surface area contributed by atoms with Crippen molar-refractivity contribution >= 4 is 0 Å². The summed E-state index contributed by atoms with van der Waals surface area (Å²) in [5.41, 5.74) is 1.34. The van der Waals surface area contributed by atoms with Crippen molar-refractivity contribution in [3.63, 3.8) is 0 Å². The van der Waals surface area contributed by atoms with Gasteiger partial charge in [0.25, 0.3) is 0 Å². The third kappa shape index (κ3) is 6.45. The second-order valence-electron chi connectivity index (χ2n) is 3.95. The minimum Gasteiger partial charge on any atom is -0.0999 e. The van der Waals surface area contributed by atoms with Crippen LogP contribution in [0.4, 0.5) is 0 Å². The van der Waals surface area contributed by atoms with Gasteiger partial charge < -0.3 is 0 Å². The van der Waals surface area contributed by atoms with Gasteiger partial charge in [-0.3, -0.25) is 0 Å². The predicted octanol–water partition coefficient (Wildman–Crippen LogP) is 4.56. The quantitative estimate of drug-likeness (QED) is 0.386. The predicted molar refractivity (Wildman–Crippen MR) is 57.4 cm³/mol. The van der Waals surface area contributed by atoms with Gasteiger partial charge in [0.2, 0.25) is 0 Å². The molecule has 0 rings (SSSR count). The first-order chi connectivity index (χ1) is 5.68. The molecule has 72 valence electrons. The van der Waals surface area contributed by atoms with Crippen LogP contribution in [0.25, 0.3) is 0 Å². The van der Waals surface area contributed by atoms with Crippen LogP contribution >= 0.6 is 0 Å². The van der Waals surface area contributed by atoms with Gasteiger partial charge in [0.1, 0.15) is 0 Å². The molecule has 0 saturated carbocycles. The van der Waals surface area contributed by atoms with Gasteiger partial charge in [-0.25, -0.2) is 0 Å². The molecule has 0 aliphatic heterocycles. The Kier molecular flexibility index (Phi) is 7.23. The highest BCUT2D eigenvalue weighted by atomic mass is 14.1. The first kappa shape index (κ1) is 11.7. The summed E-state index contributed by atoms with van der Waals surface area (Å²) in [5.74, 6) is 0.728. The van der Waals surface area contributed by atoms with Crippen LogP contribution < -0.4 is 0 Å². The molecule has 0 spiro atoms. The molecule has 0 aromatic carbocycles. The third-order valence-electron chi connectivity index (χ3n) is 2.58. The van der Waals surface area contributed by atoms with Crippen molar-refractivity contribution < 1.29 is 0 Å². The van der Waals surface area contributed by atoms with Crippen molar-refractivity contribution in [2.75, 3.05) is 0 Å². The Bertz CT molecular complexity index is 113. The van der Waals surface area contributed by atoms with E-state index in [-0.39, 0.29) is 0 Å². The van der Waals surface area contributed by atoms with E-state index >= 15 is 0 Å². The Labute approximate surface area is 78.1 Å². The summed E-state index contributed by atoms with van der Waals surface area (Å²) in [6.45, 7) is 10.6. The molecular formula is C12H24. The van der Waals surface area contributed by atoms with Crippen LogP contribution in [0.2, 0.25) is 0 Å². The second kappa shape index (κ2) is 7.39. The molecule has 0 fully saturated rings.